The van der Waals surface area contributed by atoms with Gasteiger partial charge in [-0.25, -0.2) is 9.07 Å². The standard InChI is InChI=1S/C53H89FN6O14S/c1-15-40-53(10,67)46(63)33(6)59(12)26-29(2)23-51(8,66)48(31(4)44(32(5)49(65)72-40)73-42-24-52(9,69-14)47(64)34(7)71-42)74-50-43(62)38(22-30(3)70-50)58(11)21-20-36-27-60(57-56-36)39(25-54)45(68-13)35-16-18-37(19-17-35)75-28-41(55)61/h16-19,27,29-34,38-40,42-48,50,62-64,66-67H,15,20-26,28H2,1-14H3,(H2,55,61)/t29-,30-,31+,32-,33-,34+,38+,39-,40-,42+,43-,44+,45-,46-,47+,48-,50+,51-,52-,53-/m1/s1. The van der Waals surface area contributed by atoms with Crippen molar-refractivity contribution in [2.45, 2.75) is 209 Å². The number of rotatable bonds is 18. The van der Waals surface area contributed by atoms with Gasteiger partial charge in [0.25, 0.3) is 0 Å². The minimum absolute atomic E-state index is 0.0770. The van der Waals surface area contributed by atoms with Gasteiger partial charge >= 0.3 is 5.97 Å². The zero-order valence-corrected chi connectivity index (χ0v) is 47.4. The molecule has 2 aromatic rings. The molecule has 20 nitrogen and oxygen atoms in total. The van der Waals surface area contributed by atoms with Crippen LogP contribution in [-0.2, 0) is 49.2 Å². The number of nitrogens with zero attached hydrogens (tertiary/aromatic N) is 5. The number of likely N-dealkylation sites (N-methyl/N-ethyl adjacent to an activating group) is 2. The Morgan fingerprint density at radius 2 is 1.68 bits per heavy atom. The molecule has 0 spiro atoms. The second-order valence-electron chi connectivity index (χ2n) is 22.3. The van der Waals surface area contributed by atoms with Crippen LogP contribution in [-0.4, -0.2) is 206 Å². The Bertz CT molecular complexity index is 2110. The number of primary amides is 1. The van der Waals surface area contributed by atoms with Gasteiger partial charge in [0.2, 0.25) is 5.91 Å². The lowest BCUT2D eigenvalue weighted by molar-refractivity contribution is -0.318. The topological polar surface area (TPSA) is 263 Å². The summed E-state index contributed by atoms with van der Waals surface area (Å²) in [6, 6.07) is 5.35. The summed E-state index contributed by atoms with van der Waals surface area (Å²) in [4.78, 5) is 30.5. The fourth-order valence-electron chi connectivity index (χ4n) is 11.4. The number of aromatic nitrogens is 3. The van der Waals surface area contributed by atoms with Crippen molar-refractivity contribution in [3.8, 4) is 0 Å². The van der Waals surface area contributed by atoms with E-state index in [4.69, 9.17) is 38.9 Å². The highest BCUT2D eigenvalue weighted by Crippen LogP contribution is 2.41. The van der Waals surface area contributed by atoms with E-state index in [1.54, 1.807) is 54.7 Å². The number of hydrogen-bond acceptors (Lipinski definition) is 19. The molecule has 1 amide bonds. The first-order valence-electron chi connectivity index (χ1n) is 26.4. The molecule has 75 heavy (non-hydrogen) atoms. The first-order valence-corrected chi connectivity index (χ1v) is 27.4. The molecule has 1 aromatic carbocycles. The molecule has 3 aliphatic heterocycles. The number of amides is 1. The lowest BCUT2D eigenvalue weighted by atomic mass is 9.77. The molecule has 22 heteroatoms. The Balaban J connectivity index is 1.42. The van der Waals surface area contributed by atoms with Gasteiger partial charge in [-0.3, -0.25) is 9.59 Å². The molecule has 0 radical (unpaired) electrons. The van der Waals surface area contributed by atoms with Crippen molar-refractivity contribution in [3.63, 3.8) is 0 Å². The van der Waals surface area contributed by atoms with Crippen LogP contribution < -0.4 is 5.73 Å². The maximum Gasteiger partial charge on any atom is 0.311 e. The Kier molecular flexibility index (Phi) is 22.5. The molecule has 4 heterocycles. The molecule has 5 rings (SSSR count). The van der Waals surface area contributed by atoms with Gasteiger partial charge in [-0.15, -0.1) is 16.9 Å². The Hall–Kier alpha value is -2.94. The number of aliphatic hydroxyl groups is 5. The van der Waals surface area contributed by atoms with Gasteiger partial charge in [-0.05, 0) is 105 Å². The smallest absolute Gasteiger partial charge is 0.311 e. The summed E-state index contributed by atoms with van der Waals surface area (Å²) in [6.07, 6.45) is -8.21. The number of methoxy groups -OCH3 is 2. The fraction of sp³-hybridized carbons (Fsp3) is 0.811. The van der Waals surface area contributed by atoms with E-state index in [9.17, 15) is 39.5 Å². The second kappa shape index (κ2) is 26.8. The number of nitrogens with two attached hydrogens (primary N) is 1. The van der Waals surface area contributed by atoms with Gasteiger partial charge in [0.05, 0.1) is 53.0 Å². The third kappa shape index (κ3) is 15.3. The minimum Gasteiger partial charge on any atom is -0.459 e. The summed E-state index contributed by atoms with van der Waals surface area (Å²) in [5.41, 5.74) is 1.99. The van der Waals surface area contributed by atoms with E-state index in [0.717, 1.165) is 10.5 Å². The van der Waals surface area contributed by atoms with Crippen LogP contribution in [0.4, 0.5) is 4.39 Å². The van der Waals surface area contributed by atoms with Crippen LogP contribution in [0.15, 0.2) is 35.4 Å². The molecule has 3 saturated heterocycles. The summed E-state index contributed by atoms with van der Waals surface area (Å²) >= 11 is 1.30. The number of esters is 1. The molecular weight excluding hydrogens is 996 g/mol. The van der Waals surface area contributed by atoms with E-state index in [0.29, 0.717) is 31.6 Å². The molecule has 0 bridgehead atoms. The van der Waals surface area contributed by atoms with Crippen LogP contribution in [0.5, 0.6) is 0 Å². The van der Waals surface area contributed by atoms with Gasteiger partial charge in [-0.1, -0.05) is 38.1 Å². The van der Waals surface area contributed by atoms with E-state index in [2.05, 4.69) is 10.3 Å². The molecule has 3 aliphatic rings. The maximum atomic E-state index is 14.8. The Morgan fingerprint density at radius 3 is 2.28 bits per heavy atom. The van der Waals surface area contributed by atoms with Crippen molar-refractivity contribution >= 4 is 23.6 Å². The zero-order valence-electron chi connectivity index (χ0n) is 46.6. The van der Waals surface area contributed by atoms with Crippen LogP contribution in [0.1, 0.15) is 118 Å². The summed E-state index contributed by atoms with van der Waals surface area (Å²) in [5.74, 6) is -3.20. The van der Waals surface area contributed by atoms with Crippen molar-refractivity contribution in [3.05, 3.63) is 41.7 Å². The van der Waals surface area contributed by atoms with Crippen molar-refractivity contribution in [1.29, 1.82) is 0 Å². The molecule has 20 atom stereocenters. The SMILES string of the molecule is CC[C@H]1OC(=O)[C@H](C)[C@@H](O[C@H]2C[C@@](C)(OC)[C@@H](O)[C@H](C)O2)[C@H](C)[C@@H](O[C@@H]2O[C@H](C)C[C@H](N(C)CCc3cn([C@H](CF)[C@H](OC)c4ccc(SCC(N)=O)cc4)nn3)[C@H]2O)[C@](C)(O)C[C@@H](C)CN(C)[C@H](C)[C@@H](O)[C@]1(C)O. The van der Waals surface area contributed by atoms with Crippen molar-refractivity contribution < 1.29 is 72.7 Å². The molecule has 7 N–H and O–H groups in total. The number of alkyl halides is 1. The van der Waals surface area contributed by atoms with E-state index in [1.165, 1.54) is 37.6 Å². The van der Waals surface area contributed by atoms with Gasteiger partial charge in [0, 0.05) is 69.2 Å². The highest BCUT2D eigenvalue weighted by molar-refractivity contribution is 8.00. The van der Waals surface area contributed by atoms with Gasteiger partial charge in [-0.2, -0.15) is 0 Å². The first-order chi connectivity index (χ1) is 35.1. The number of cyclic esters (lactones) is 1. The normalized spacial score (nSPS) is 38.8. The van der Waals surface area contributed by atoms with Crippen LogP contribution >= 0.6 is 11.8 Å². The lowest BCUT2D eigenvalue weighted by Crippen LogP contribution is -2.61. The zero-order chi connectivity index (χ0) is 55.9. The summed E-state index contributed by atoms with van der Waals surface area (Å²) in [6.45, 7) is 17.4. The maximum absolute atomic E-state index is 14.8. The first kappa shape index (κ1) is 62.9. The molecule has 0 unspecified atom stereocenters. The molecule has 0 saturated carbocycles. The predicted octanol–water partition coefficient (Wildman–Crippen LogP) is 3.58. The highest BCUT2D eigenvalue weighted by Gasteiger charge is 2.53. The number of hydrogen-bond donors (Lipinski definition) is 6. The number of ether oxygens (including phenoxy) is 7. The molecule has 3 fully saturated rings. The van der Waals surface area contributed by atoms with Gasteiger partial charge in [0.1, 0.15) is 48.8 Å². The van der Waals surface area contributed by atoms with E-state index >= 15 is 0 Å². The Morgan fingerprint density at radius 1 is 1.01 bits per heavy atom. The quantitative estimate of drug-likeness (QED) is 0.0921. The fourth-order valence-corrected chi connectivity index (χ4v) is 12.1. The molecular formula is C53H89FN6O14S. The monoisotopic (exact) mass is 1080 g/mol. The Labute approximate surface area is 447 Å². The largest absolute Gasteiger partial charge is 0.459 e. The van der Waals surface area contributed by atoms with Crippen LogP contribution in [0.25, 0.3) is 0 Å². The number of benzene rings is 1. The molecule has 0 aliphatic carbocycles. The number of halogens is 1. The molecule has 428 valence electrons. The lowest BCUT2D eigenvalue weighted by Gasteiger charge is -2.49. The third-order valence-electron chi connectivity index (χ3n) is 16.1. The average molecular weight is 1090 g/mol. The number of aliphatic hydroxyl groups excluding tert-OH is 3. The van der Waals surface area contributed by atoms with Crippen LogP contribution in [0.3, 0.4) is 0 Å². The van der Waals surface area contributed by atoms with Crippen molar-refractivity contribution in [2.24, 2.45) is 23.5 Å². The van der Waals surface area contributed by atoms with E-state index < -0.39 is 133 Å². The van der Waals surface area contributed by atoms with Crippen LogP contribution in [0.2, 0.25) is 0 Å². The summed E-state index contributed by atoms with van der Waals surface area (Å²) < 4.78 is 60.3. The second-order valence-corrected chi connectivity index (χ2v) is 23.4. The molecule has 1 aromatic heterocycles. The van der Waals surface area contributed by atoms with Crippen molar-refractivity contribution in [1.82, 2.24) is 24.8 Å². The predicted molar refractivity (Wildman–Crippen MR) is 278 cm³/mol. The summed E-state index contributed by atoms with van der Waals surface area (Å²) in [7, 11) is 6.68. The number of carbonyl (C=O) groups excluding carboxylic acids is 2. The third-order valence-corrected chi connectivity index (χ3v) is 17.1. The van der Waals surface area contributed by atoms with Gasteiger partial charge < -0.3 is 74.2 Å². The van der Waals surface area contributed by atoms with Crippen molar-refractivity contribution in [2.75, 3.05) is 53.8 Å². The van der Waals surface area contributed by atoms with E-state index in [-0.39, 0.29) is 30.9 Å². The van der Waals surface area contributed by atoms with E-state index in [1.807, 2.05) is 62.0 Å². The van der Waals surface area contributed by atoms with Crippen LogP contribution in [0, 0.1) is 17.8 Å². The number of carbonyl (C=O) groups is 2. The van der Waals surface area contributed by atoms with Gasteiger partial charge in [0.15, 0.2) is 12.6 Å². The highest BCUT2D eigenvalue weighted by atomic mass is 32.2. The minimum atomic E-state index is -1.86. The summed E-state index contributed by atoms with van der Waals surface area (Å²) in [5, 5.41) is 68.5. The average Bonchev–Trinajstić information content (AvgIpc) is 3.83. The number of thioether (sulfide) groups is 1.